The zero-order valence-corrected chi connectivity index (χ0v) is 14.9. The van der Waals surface area contributed by atoms with E-state index < -0.39 is 40.2 Å². The number of hydrogen-bond acceptors (Lipinski definition) is 9. The van der Waals surface area contributed by atoms with Gasteiger partial charge in [-0.05, 0) is 30.0 Å². The number of benzene rings is 1. The van der Waals surface area contributed by atoms with Gasteiger partial charge in [-0.15, -0.1) is 0 Å². The number of rotatable bonds is 6. The van der Waals surface area contributed by atoms with Crippen molar-refractivity contribution in [2.75, 3.05) is 13.7 Å². The molecule has 0 aliphatic carbocycles. The standard InChI is InChI=1S/C15H13N3O8S/c1-7(19)26-9-4-3-8(13(25-2)12(9)18(23)24)5-10-14(21)17(6-11(16)20)15(22)27-10/h3-5H,6H2,1-2H3,(H2,16,20)/b10-5-. The summed E-state index contributed by atoms with van der Waals surface area (Å²) in [7, 11) is 1.16. The lowest BCUT2D eigenvalue weighted by atomic mass is 10.1. The molecule has 0 unspecified atom stereocenters. The number of primary amides is 1. The van der Waals surface area contributed by atoms with Crippen LogP contribution in [-0.2, 0) is 14.4 Å². The van der Waals surface area contributed by atoms with Crippen molar-refractivity contribution in [2.24, 2.45) is 5.73 Å². The number of nitro benzene ring substituents is 1. The smallest absolute Gasteiger partial charge is 0.353 e. The number of nitrogens with two attached hydrogens (primary N) is 1. The van der Waals surface area contributed by atoms with E-state index in [2.05, 4.69) is 0 Å². The SMILES string of the molecule is COc1c(/C=C2\SC(=O)N(CC(N)=O)C2=O)ccc(OC(C)=O)c1[N+](=O)[O-]. The fraction of sp³-hybridized carbons (Fsp3) is 0.200. The first-order chi connectivity index (χ1) is 12.6. The fourth-order valence-electron chi connectivity index (χ4n) is 2.24. The van der Waals surface area contributed by atoms with E-state index in [9.17, 15) is 29.3 Å². The van der Waals surface area contributed by atoms with E-state index in [1.54, 1.807) is 0 Å². The first-order valence-electron chi connectivity index (χ1n) is 7.23. The minimum Gasteiger partial charge on any atom is -0.490 e. The number of ether oxygens (including phenoxy) is 2. The Kier molecular flexibility index (Phi) is 5.80. The number of carbonyl (C=O) groups excluding carboxylic acids is 4. The van der Waals surface area contributed by atoms with Gasteiger partial charge in [-0.3, -0.25) is 34.2 Å². The number of esters is 1. The summed E-state index contributed by atoms with van der Waals surface area (Å²) < 4.78 is 9.86. The molecule has 3 amide bonds. The van der Waals surface area contributed by atoms with Gasteiger partial charge in [-0.2, -0.15) is 0 Å². The van der Waals surface area contributed by atoms with Crippen LogP contribution >= 0.6 is 11.8 Å². The van der Waals surface area contributed by atoms with E-state index in [1.807, 2.05) is 0 Å². The summed E-state index contributed by atoms with van der Waals surface area (Å²) >= 11 is 0.547. The maximum absolute atomic E-state index is 12.3. The van der Waals surface area contributed by atoms with Crippen LogP contribution in [0.1, 0.15) is 12.5 Å². The molecule has 0 spiro atoms. The molecule has 2 N–H and O–H groups in total. The zero-order chi connectivity index (χ0) is 20.3. The first kappa shape index (κ1) is 19.9. The first-order valence-corrected chi connectivity index (χ1v) is 8.04. The molecule has 12 heteroatoms. The molecule has 27 heavy (non-hydrogen) atoms. The third kappa shape index (κ3) is 4.23. The van der Waals surface area contributed by atoms with E-state index in [-0.39, 0.29) is 22.0 Å². The van der Waals surface area contributed by atoms with Gasteiger partial charge in [0, 0.05) is 12.5 Å². The summed E-state index contributed by atoms with van der Waals surface area (Å²) in [5, 5.41) is 10.7. The Morgan fingerprint density at radius 2 is 2.04 bits per heavy atom. The molecule has 2 rings (SSSR count). The van der Waals surface area contributed by atoms with Gasteiger partial charge < -0.3 is 15.2 Å². The molecule has 11 nitrogen and oxygen atoms in total. The number of thioether (sulfide) groups is 1. The molecular weight excluding hydrogens is 382 g/mol. The van der Waals surface area contributed by atoms with Gasteiger partial charge in [-0.25, -0.2) is 0 Å². The molecule has 0 aromatic heterocycles. The molecule has 1 saturated heterocycles. The highest BCUT2D eigenvalue weighted by Crippen LogP contribution is 2.42. The van der Waals surface area contributed by atoms with E-state index in [0.29, 0.717) is 16.7 Å². The van der Waals surface area contributed by atoms with Crippen molar-refractivity contribution in [3.8, 4) is 11.5 Å². The quantitative estimate of drug-likeness (QED) is 0.244. The monoisotopic (exact) mass is 395 g/mol. The molecule has 0 bridgehead atoms. The minimum absolute atomic E-state index is 0.0749. The molecule has 1 aliphatic heterocycles. The largest absolute Gasteiger partial charge is 0.490 e. The van der Waals surface area contributed by atoms with Gasteiger partial charge in [0.1, 0.15) is 6.54 Å². The molecule has 142 valence electrons. The molecule has 1 aromatic carbocycles. The van der Waals surface area contributed by atoms with E-state index in [1.165, 1.54) is 18.2 Å². The summed E-state index contributed by atoms with van der Waals surface area (Å²) in [6, 6.07) is 2.49. The average Bonchev–Trinajstić information content (AvgIpc) is 2.82. The molecule has 0 atom stereocenters. The van der Waals surface area contributed by atoms with Crippen molar-refractivity contribution in [1.29, 1.82) is 0 Å². The number of carbonyl (C=O) groups is 4. The predicted molar refractivity (Wildman–Crippen MR) is 92.8 cm³/mol. The van der Waals surface area contributed by atoms with Gasteiger partial charge >= 0.3 is 11.7 Å². The second-order valence-corrected chi connectivity index (χ2v) is 6.11. The molecule has 1 fully saturated rings. The van der Waals surface area contributed by atoms with Crippen LogP contribution in [-0.4, -0.2) is 46.5 Å². The van der Waals surface area contributed by atoms with Crippen LogP contribution < -0.4 is 15.2 Å². The van der Waals surface area contributed by atoms with Crippen LogP contribution in [0.2, 0.25) is 0 Å². The number of amides is 3. The summed E-state index contributed by atoms with van der Waals surface area (Å²) in [4.78, 5) is 57.4. The van der Waals surface area contributed by atoms with Crippen LogP contribution in [0, 0.1) is 10.1 Å². The average molecular weight is 395 g/mol. The van der Waals surface area contributed by atoms with Crippen molar-refractivity contribution in [3.05, 3.63) is 32.7 Å². The summed E-state index contributed by atoms with van der Waals surface area (Å²) in [6.07, 6.45) is 1.20. The van der Waals surface area contributed by atoms with Crippen molar-refractivity contribution in [1.82, 2.24) is 4.90 Å². The number of nitrogens with zero attached hydrogens (tertiary/aromatic N) is 2. The number of imide groups is 1. The Morgan fingerprint density at radius 1 is 1.37 bits per heavy atom. The van der Waals surface area contributed by atoms with Crippen molar-refractivity contribution in [2.45, 2.75) is 6.92 Å². The Labute approximate surface area is 156 Å². The molecule has 1 heterocycles. The highest BCUT2D eigenvalue weighted by atomic mass is 32.2. The van der Waals surface area contributed by atoms with Crippen molar-refractivity contribution >= 4 is 46.5 Å². The van der Waals surface area contributed by atoms with E-state index in [0.717, 1.165) is 14.0 Å². The highest BCUT2D eigenvalue weighted by molar-refractivity contribution is 8.18. The van der Waals surface area contributed by atoms with Gasteiger partial charge in [0.2, 0.25) is 17.4 Å². The molecule has 1 aliphatic rings. The minimum atomic E-state index is -0.863. The predicted octanol–water partition coefficient (Wildman–Crippen LogP) is 1.05. The second kappa shape index (κ2) is 7.86. The summed E-state index contributed by atoms with van der Waals surface area (Å²) in [5.41, 5.74) is 4.49. The number of nitro groups is 1. The Bertz CT molecular complexity index is 895. The lowest BCUT2D eigenvalue weighted by Crippen LogP contribution is -2.36. The highest BCUT2D eigenvalue weighted by Gasteiger charge is 2.36. The van der Waals surface area contributed by atoms with Gasteiger partial charge in [-0.1, -0.05) is 0 Å². The Balaban J connectivity index is 2.52. The van der Waals surface area contributed by atoms with Crippen LogP contribution in [0.25, 0.3) is 6.08 Å². The topological polar surface area (TPSA) is 159 Å². The number of hydrogen-bond donors (Lipinski definition) is 1. The van der Waals surface area contributed by atoms with Gasteiger partial charge in [0.15, 0.2) is 0 Å². The number of methoxy groups -OCH3 is 1. The normalized spacial score (nSPS) is 15.2. The molecule has 0 saturated carbocycles. The van der Waals surface area contributed by atoms with Gasteiger partial charge in [0.25, 0.3) is 11.1 Å². The van der Waals surface area contributed by atoms with Crippen LogP contribution in [0.5, 0.6) is 11.5 Å². The summed E-state index contributed by atoms with van der Waals surface area (Å²) in [6.45, 7) is 0.504. The Hall–Kier alpha value is -3.41. The maximum Gasteiger partial charge on any atom is 0.353 e. The molecular formula is C15H13N3O8S. The lowest BCUT2D eigenvalue weighted by molar-refractivity contribution is -0.386. The van der Waals surface area contributed by atoms with Crippen LogP contribution in [0.3, 0.4) is 0 Å². The molecule has 0 radical (unpaired) electrons. The molecule has 1 aromatic rings. The summed E-state index contributed by atoms with van der Waals surface area (Å²) in [5.74, 6) is -2.99. The third-order valence-corrected chi connectivity index (χ3v) is 4.15. The van der Waals surface area contributed by atoms with E-state index in [4.69, 9.17) is 15.2 Å². The van der Waals surface area contributed by atoms with E-state index >= 15 is 0 Å². The zero-order valence-electron chi connectivity index (χ0n) is 14.1. The van der Waals surface area contributed by atoms with Crippen molar-refractivity contribution in [3.63, 3.8) is 0 Å². The van der Waals surface area contributed by atoms with Crippen LogP contribution in [0.4, 0.5) is 10.5 Å². The Morgan fingerprint density at radius 3 is 2.56 bits per heavy atom. The maximum atomic E-state index is 12.3. The second-order valence-electron chi connectivity index (χ2n) is 5.12. The third-order valence-electron chi connectivity index (χ3n) is 3.24. The van der Waals surface area contributed by atoms with Gasteiger partial charge in [0.05, 0.1) is 16.9 Å². The fourth-order valence-corrected chi connectivity index (χ4v) is 3.07. The van der Waals surface area contributed by atoms with Crippen molar-refractivity contribution < 1.29 is 33.6 Å². The van der Waals surface area contributed by atoms with Crippen LogP contribution in [0.15, 0.2) is 17.0 Å². The lowest BCUT2D eigenvalue weighted by Gasteiger charge is -2.10.